The lowest BCUT2D eigenvalue weighted by Crippen LogP contribution is -2.40. The van der Waals surface area contributed by atoms with Gasteiger partial charge in [0.25, 0.3) is 0 Å². The van der Waals surface area contributed by atoms with Crippen LogP contribution in [0.4, 0.5) is 0 Å². The summed E-state index contributed by atoms with van der Waals surface area (Å²) in [6, 6.07) is -0.862. The smallest absolute Gasteiger partial charge is 0.326 e. The molecule has 0 spiro atoms. The number of carboxylic acid groups (broad SMARTS) is 1. The van der Waals surface area contributed by atoms with E-state index in [2.05, 4.69) is 104 Å². The molecule has 0 aliphatic rings. The van der Waals surface area contributed by atoms with Gasteiger partial charge in [0.2, 0.25) is 5.91 Å². The van der Waals surface area contributed by atoms with Gasteiger partial charge in [-0.1, -0.05) is 144 Å². The second-order valence-electron chi connectivity index (χ2n) is 14.4. The topological polar surface area (TPSA) is 119 Å². The van der Waals surface area contributed by atoms with E-state index in [-0.39, 0.29) is 18.0 Å². The number of hydrogen-bond donors (Lipinski definition) is 3. The average Bonchev–Trinajstić information content (AvgIpc) is 3.17. The lowest BCUT2D eigenvalue weighted by molar-refractivity contribution is -0.147. The normalized spacial score (nSPS) is 13.5. The molecule has 312 valence electrons. The first-order valence-electron chi connectivity index (χ1n) is 21.9. The Morgan fingerprint density at radius 3 is 1.62 bits per heavy atom. The van der Waals surface area contributed by atoms with Gasteiger partial charge in [-0.15, -0.1) is 0 Å². The number of carbonyl (C=O) groups excluding carboxylic acids is 2. The minimum Gasteiger partial charge on any atom is -0.480 e. The molecule has 2 unspecified atom stereocenters. The summed E-state index contributed by atoms with van der Waals surface area (Å²) in [5.74, 6) is -1.33. The number of esters is 1. The molecular formula is C48H80N2O5. The van der Waals surface area contributed by atoms with E-state index in [1.54, 1.807) is 0 Å². The fraction of sp³-hybridized carbons (Fsp3) is 0.646. The second-order valence-corrected chi connectivity index (χ2v) is 14.4. The summed E-state index contributed by atoms with van der Waals surface area (Å²) in [5, 5.41) is 11.9. The molecule has 55 heavy (non-hydrogen) atoms. The maximum Gasteiger partial charge on any atom is 0.326 e. The first kappa shape index (κ1) is 51.5. The molecule has 0 saturated carbocycles. The molecular weight excluding hydrogens is 685 g/mol. The Hall–Kier alpha value is -3.45. The third-order valence-electron chi connectivity index (χ3n) is 9.18. The Bertz CT molecular complexity index is 1130. The summed E-state index contributed by atoms with van der Waals surface area (Å²) < 4.78 is 5.93. The van der Waals surface area contributed by atoms with Gasteiger partial charge >= 0.3 is 11.9 Å². The Kier molecular flexibility index (Phi) is 39.1. The number of nitrogens with one attached hydrogen (secondary N) is 1. The van der Waals surface area contributed by atoms with E-state index in [4.69, 9.17) is 10.5 Å². The van der Waals surface area contributed by atoms with E-state index in [9.17, 15) is 19.5 Å². The van der Waals surface area contributed by atoms with Gasteiger partial charge in [-0.2, -0.15) is 0 Å². The number of unbranched alkanes of at least 4 members (excludes halogenated alkanes) is 12. The number of allylic oxidation sites excluding steroid dienone is 13. The van der Waals surface area contributed by atoms with Crippen LogP contribution in [0.1, 0.15) is 181 Å². The Morgan fingerprint density at radius 2 is 1.05 bits per heavy atom. The van der Waals surface area contributed by atoms with Gasteiger partial charge in [-0.25, -0.2) is 4.79 Å². The van der Waals surface area contributed by atoms with Crippen molar-refractivity contribution in [3.8, 4) is 0 Å². The summed E-state index contributed by atoms with van der Waals surface area (Å²) >= 11 is 0. The predicted molar refractivity (Wildman–Crippen MR) is 234 cm³/mol. The maximum atomic E-state index is 12.7. The summed E-state index contributed by atoms with van der Waals surface area (Å²) in [5.41, 5.74) is 5.47. The number of aliphatic carboxylic acids is 1. The number of carbonyl (C=O) groups is 3. The highest BCUT2D eigenvalue weighted by Crippen LogP contribution is 2.15. The molecule has 0 saturated heterocycles. The minimum absolute atomic E-state index is 0.109. The fourth-order valence-electron chi connectivity index (χ4n) is 5.90. The van der Waals surface area contributed by atoms with E-state index in [0.717, 1.165) is 116 Å². The summed E-state index contributed by atoms with van der Waals surface area (Å²) in [4.78, 5) is 36.3. The molecule has 0 bridgehead atoms. The lowest BCUT2D eigenvalue weighted by Gasteiger charge is -2.15. The third kappa shape index (κ3) is 38.6. The van der Waals surface area contributed by atoms with Crippen LogP contribution in [0.5, 0.6) is 0 Å². The zero-order chi connectivity index (χ0) is 40.3. The van der Waals surface area contributed by atoms with Crippen LogP contribution in [-0.2, 0) is 19.1 Å². The van der Waals surface area contributed by atoms with Crippen molar-refractivity contribution in [2.24, 2.45) is 5.73 Å². The molecule has 0 aromatic carbocycles. The number of ether oxygens (including phenoxy) is 1. The molecule has 7 heteroatoms. The van der Waals surface area contributed by atoms with Gasteiger partial charge in [0.1, 0.15) is 12.1 Å². The first-order chi connectivity index (χ1) is 26.9. The van der Waals surface area contributed by atoms with Crippen LogP contribution >= 0.6 is 0 Å². The molecule has 0 aliphatic heterocycles. The third-order valence-corrected chi connectivity index (χ3v) is 9.18. The summed E-state index contributed by atoms with van der Waals surface area (Å²) in [7, 11) is 0. The number of carboxylic acids is 1. The largest absolute Gasteiger partial charge is 0.480 e. The van der Waals surface area contributed by atoms with Gasteiger partial charge in [0, 0.05) is 12.8 Å². The monoisotopic (exact) mass is 765 g/mol. The zero-order valence-electron chi connectivity index (χ0n) is 35.0. The van der Waals surface area contributed by atoms with Crippen molar-refractivity contribution < 1.29 is 24.2 Å². The van der Waals surface area contributed by atoms with E-state index < -0.39 is 12.0 Å². The van der Waals surface area contributed by atoms with Crippen LogP contribution in [0.3, 0.4) is 0 Å². The lowest BCUT2D eigenvalue weighted by atomic mass is 10.0. The molecule has 0 heterocycles. The van der Waals surface area contributed by atoms with Crippen molar-refractivity contribution in [3.05, 3.63) is 85.1 Å². The van der Waals surface area contributed by atoms with Crippen LogP contribution in [0.2, 0.25) is 0 Å². The summed E-state index contributed by atoms with van der Waals surface area (Å²) in [6.45, 7) is 4.79. The van der Waals surface area contributed by atoms with Crippen molar-refractivity contribution in [2.75, 3.05) is 6.54 Å². The van der Waals surface area contributed by atoms with Crippen LogP contribution in [0, 0.1) is 0 Å². The van der Waals surface area contributed by atoms with Crippen molar-refractivity contribution in [2.45, 2.75) is 193 Å². The molecule has 0 aliphatic carbocycles. The second kappa shape index (κ2) is 41.7. The number of amides is 1. The van der Waals surface area contributed by atoms with E-state index in [1.165, 1.54) is 25.7 Å². The van der Waals surface area contributed by atoms with E-state index >= 15 is 0 Å². The minimum atomic E-state index is -1.01. The van der Waals surface area contributed by atoms with Crippen molar-refractivity contribution in [1.29, 1.82) is 0 Å². The van der Waals surface area contributed by atoms with Gasteiger partial charge in [-0.05, 0) is 115 Å². The Labute approximate surface area is 336 Å². The molecule has 0 aromatic rings. The molecule has 1 amide bonds. The van der Waals surface area contributed by atoms with Crippen molar-refractivity contribution in [3.63, 3.8) is 0 Å². The van der Waals surface area contributed by atoms with Gasteiger partial charge in [0.05, 0.1) is 0 Å². The highest BCUT2D eigenvalue weighted by Gasteiger charge is 2.18. The van der Waals surface area contributed by atoms with Crippen LogP contribution < -0.4 is 11.1 Å². The number of rotatable bonds is 38. The van der Waals surface area contributed by atoms with E-state index in [1.807, 2.05) is 0 Å². The zero-order valence-corrected chi connectivity index (χ0v) is 35.0. The SMILES string of the molecule is CC/C=C\C/C=C\C/C=C\C/C=C\C/C=C\CCCCCC(=O)OC(/C=C\C/C=C\CCCCCC)CCCCCCCCC(=O)NC(CCCN)C(=O)O. The van der Waals surface area contributed by atoms with E-state index in [0.29, 0.717) is 32.2 Å². The van der Waals surface area contributed by atoms with Gasteiger partial charge in [0.15, 0.2) is 0 Å². The predicted octanol–water partition coefficient (Wildman–Crippen LogP) is 12.5. The standard InChI is InChI=1S/C48H80N2O5/c1-3-5-7-9-11-13-14-15-16-17-18-19-20-21-22-24-26-32-36-42-47(52)55-44(38-33-29-25-23-12-10-8-6-4-2)39-34-30-27-28-31-35-41-46(51)50-45(48(53)54)40-37-43-49/h5,7,11,13,15-16,18-19,21-23,25,33,38,44-45H,3-4,6,8-10,12,14,17,20,24,26-32,34-37,39-43,49H2,1-2H3,(H,50,51)(H,53,54)/b7-5-,13-11-,16-15-,19-18-,22-21-,25-23-,38-33-. The quantitative estimate of drug-likeness (QED) is 0.0327. The first-order valence-corrected chi connectivity index (χ1v) is 21.9. The van der Waals surface area contributed by atoms with Gasteiger partial charge in [-0.3, -0.25) is 9.59 Å². The van der Waals surface area contributed by atoms with Crippen LogP contribution in [0.25, 0.3) is 0 Å². The molecule has 0 aromatic heterocycles. The van der Waals surface area contributed by atoms with Crippen molar-refractivity contribution >= 4 is 17.8 Å². The maximum absolute atomic E-state index is 12.7. The Morgan fingerprint density at radius 1 is 0.564 bits per heavy atom. The van der Waals surface area contributed by atoms with Gasteiger partial charge < -0.3 is 20.9 Å². The van der Waals surface area contributed by atoms with Crippen LogP contribution in [-0.4, -0.2) is 41.6 Å². The molecule has 0 fully saturated rings. The highest BCUT2D eigenvalue weighted by molar-refractivity contribution is 5.83. The van der Waals surface area contributed by atoms with Crippen molar-refractivity contribution in [1.82, 2.24) is 5.32 Å². The Balaban J connectivity index is 4.38. The summed E-state index contributed by atoms with van der Waals surface area (Å²) in [6.07, 6.45) is 55.0. The average molecular weight is 765 g/mol. The molecule has 7 nitrogen and oxygen atoms in total. The highest BCUT2D eigenvalue weighted by atomic mass is 16.5. The van der Waals surface area contributed by atoms with Crippen LogP contribution in [0.15, 0.2) is 85.1 Å². The number of hydrogen-bond acceptors (Lipinski definition) is 5. The molecule has 4 N–H and O–H groups in total. The number of nitrogens with two attached hydrogens (primary N) is 1. The molecule has 2 atom stereocenters. The fourth-order valence-corrected chi connectivity index (χ4v) is 5.90. The molecule has 0 rings (SSSR count). The molecule has 0 radical (unpaired) electrons.